The molecule has 0 spiro atoms. The molecule has 1 fully saturated rings. The molecular weight excluding hydrogens is 346 g/mol. The summed E-state index contributed by atoms with van der Waals surface area (Å²) < 4.78 is 16.4. The summed E-state index contributed by atoms with van der Waals surface area (Å²) >= 11 is 0. The molecule has 0 atom stereocenters. The predicted molar refractivity (Wildman–Crippen MR) is 98.5 cm³/mol. The summed E-state index contributed by atoms with van der Waals surface area (Å²) in [5.74, 6) is 1.98. The highest BCUT2D eigenvalue weighted by molar-refractivity contribution is 6.03. The molecule has 0 aliphatic heterocycles. The Morgan fingerprint density at radius 3 is 2.89 bits per heavy atom. The minimum atomic E-state index is -0.419. The number of anilines is 1. The van der Waals surface area contributed by atoms with Gasteiger partial charge in [0.15, 0.2) is 23.0 Å². The largest absolute Gasteiger partial charge is 0.489 e. The number of furan rings is 1. The van der Waals surface area contributed by atoms with Crippen LogP contribution in [0.25, 0.3) is 11.5 Å². The van der Waals surface area contributed by atoms with Gasteiger partial charge in [-0.15, -0.1) is 0 Å². The smallest absolute Gasteiger partial charge is 0.279 e. The average Bonchev–Trinajstić information content (AvgIpc) is 3.40. The van der Waals surface area contributed by atoms with Crippen molar-refractivity contribution in [1.29, 1.82) is 0 Å². The van der Waals surface area contributed by atoms with Crippen LogP contribution in [-0.4, -0.2) is 22.7 Å². The van der Waals surface area contributed by atoms with Crippen molar-refractivity contribution in [2.24, 2.45) is 5.92 Å². The van der Waals surface area contributed by atoms with Gasteiger partial charge in [0, 0.05) is 12.3 Å². The van der Waals surface area contributed by atoms with Crippen LogP contribution in [0, 0.1) is 5.92 Å². The van der Waals surface area contributed by atoms with Crippen molar-refractivity contribution < 1.29 is 18.5 Å². The number of hydrogen-bond acceptors (Lipinski definition) is 6. The van der Waals surface area contributed by atoms with Gasteiger partial charge in [0.2, 0.25) is 5.76 Å². The minimum Gasteiger partial charge on any atom is -0.489 e. The molecule has 0 saturated heterocycles. The van der Waals surface area contributed by atoms with Crippen molar-refractivity contribution in [2.75, 3.05) is 11.9 Å². The predicted octanol–water partition coefficient (Wildman–Crippen LogP) is 4.54. The molecule has 1 aliphatic rings. The first-order chi connectivity index (χ1) is 13.3. The molecule has 1 N–H and O–H groups in total. The number of amides is 1. The summed E-state index contributed by atoms with van der Waals surface area (Å²) in [5, 5.41) is 6.55. The van der Waals surface area contributed by atoms with Crippen molar-refractivity contribution in [2.45, 2.75) is 32.1 Å². The summed E-state index contributed by atoms with van der Waals surface area (Å²) in [4.78, 5) is 16.7. The second kappa shape index (κ2) is 8.07. The Morgan fingerprint density at radius 2 is 2.07 bits per heavy atom. The number of nitrogens with zero attached hydrogens (tertiary/aromatic N) is 2. The summed E-state index contributed by atoms with van der Waals surface area (Å²) in [7, 11) is 0. The van der Waals surface area contributed by atoms with Crippen molar-refractivity contribution >= 4 is 11.7 Å². The fourth-order valence-electron chi connectivity index (χ4n) is 3.25. The van der Waals surface area contributed by atoms with E-state index in [1.807, 2.05) is 6.07 Å². The van der Waals surface area contributed by atoms with E-state index in [-0.39, 0.29) is 5.69 Å². The molecule has 0 unspecified atom stereocenters. The van der Waals surface area contributed by atoms with E-state index in [0.29, 0.717) is 35.6 Å². The number of pyridine rings is 1. The molecule has 3 aromatic rings. The summed E-state index contributed by atoms with van der Waals surface area (Å²) in [6, 6.07) is 8.60. The first-order valence-electron chi connectivity index (χ1n) is 9.19. The zero-order valence-electron chi connectivity index (χ0n) is 14.9. The highest BCUT2D eigenvalue weighted by Crippen LogP contribution is 2.27. The Bertz CT molecular complexity index is 882. The molecule has 140 valence electrons. The van der Waals surface area contributed by atoms with Crippen LogP contribution in [-0.2, 0) is 0 Å². The molecule has 1 amide bonds. The SMILES string of the molecule is O=C(Nc1ncccc1OCC1CCCCC1)c1cc(-c2ccco2)on1. The van der Waals surface area contributed by atoms with E-state index in [2.05, 4.69) is 15.5 Å². The van der Waals surface area contributed by atoms with Crippen LogP contribution in [0.1, 0.15) is 42.6 Å². The number of nitrogens with one attached hydrogen (secondary N) is 1. The van der Waals surface area contributed by atoms with Gasteiger partial charge in [-0.05, 0) is 43.0 Å². The molecule has 0 aromatic carbocycles. The lowest BCUT2D eigenvalue weighted by Gasteiger charge is -2.22. The third-order valence-electron chi connectivity index (χ3n) is 4.71. The standard InChI is InChI=1S/C20H21N3O4/c24-20(15-12-18(27-23-15)16-9-5-11-25-16)22-19-17(8-4-10-21-19)26-13-14-6-2-1-3-7-14/h4-5,8-12,14H,1-3,6-7,13H2,(H,21,22,24). The van der Waals surface area contributed by atoms with Gasteiger partial charge >= 0.3 is 0 Å². The number of aromatic nitrogens is 2. The highest BCUT2D eigenvalue weighted by Gasteiger charge is 2.19. The molecule has 0 bridgehead atoms. The highest BCUT2D eigenvalue weighted by atomic mass is 16.5. The number of ether oxygens (including phenoxy) is 1. The van der Waals surface area contributed by atoms with E-state index < -0.39 is 5.91 Å². The van der Waals surface area contributed by atoms with Crippen LogP contribution in [0.2, 0.25) is 0 Å². The van der Waals surface area contributed by atoms with Crippen molar-refractivity contribution in [3.8, 4) is 17.3 Å². The van der Waals surface area contributed by atoms with Crippen LogP contribution in [0.3, 0.4) is 0 Å². The Labute approximate surface area is 156 Å². The van der Waals surface area contributed by atoms with Gasteiger partial charge in [-0.25, -0.2) is 4.98 Å². The second-order valence-corrected chi connectivity index (χ2v) is 6.67. The lowest BCUT2D eigenvalue weighted by molar-refractivity contribution is 0.101. The Hall–Kier alpha value is -3.09. The van der Waals surface area contributed by atoms with Crippen LogP contribution in [0.5, 0.6) is 5.75 Å². The average molecular weight is 367 g/mol. The summed E-state index contributed by atoms with van der Waals surface area (Å²) in [6.45, 7) is 0.640. The lowest BCUT2D eigenvalue weighted by Crippen LogP contribution is -2.18. The molecule has 0 radical (unpaired) electrons. The van der Waals surface area contributed by atoms with Gasteiger partial charge in [-0.2, -0.15) is 0 Å². The normalized spacial score (nSPS) is 14.8. The van der Waals surface area contributed by atoms with E-state index in [4.69, 9.17) is 13.7 Å². The van der Waals surface area contributed by atoms with Gasteiger partial charge in [0.25, 0.3) is 5.91 Å². The topological polar surface area (TPSA) is 90.4 Å². The van der Waals surface area contributed by atoms with Crippen LogP contribution >= 0.6 is 0 Å². The van der Waals surface area contributed by atoms with Crippen molar-refractivity contribution in [3.05, 3.63) is 48.5 Å². The third-order valence-corrected chi connectivity index (χ3v) is 4.71. The summed E-state index contributed by atoms with van der Waals surface area (Å²) in [6.07, 6.45) is 9.35. The van der Waals surface area contributed by atoms with E-state index in [9.17, 15) is 4.79 Å². The maximum absolute atomic E-state index is 12.5. The molecule has 7 nitrogen and oxygen atoms in total. The molecule has 27 heavy (non-hydrogen) atoms. The quantitative estimate of drug-likeness (QED) is 0.688. The first-order valence-corrected chi connectivity index (χ1v) is 9.19. The fraction of sp³-hybridized carbons (Fsp3) is 0.350. The van der Waals surface area contributed by atoms with Gasteiger partial charge < -0.3 is 19.0 Å². The van der Waals surface area contributed by atoms with Crippen LogP contribution in [0.15, 0.2) is 51.7 Å². The maximum atomic E-state index is 12.5. The Morgan fingerprint density at radius 1 is 1.19 bits per heavy atom. The Balaban J connectivity index is 1.42. The monoisotopic (exact) mass is 367 g/mol. The fourth-order valence-corrected chi connectivity index (χ4v) is 3.25. The molecule has 4 rings (SSSR count). The van der Waals surface area contributed by atoms with Crippen LogP contribution < -0.4 is 10.1 Å². The van der Waals surface area contributed by atoms with Gasteiger partial charge in [-0.1, -0.05) is 24.4 Å². The van der Waals surface area contributed by atoms with E-state index in [1.165, 1.54) is 44.4 Å². The van der Waals surface area contributed by atoms with Crippen LogP contribution in [0.4, 0.5) is 5.82 Å². The molecule has 1 aliphatic carbocycles. The lowest BCUT2D eigenvalue weighted by atomic mass is 9.90. The minimum absolute atomic E-state index is 0.144. The van der Waals surface area contributed by atoms with E-state index >= 15 is 0 Å². The zero-order valence-corrected chi connectivity index (χ0v) is 14.9. The Kier molecular flexibility index (Phi) is 5.18. The zero-order chi connectivity index (χ0) is 18.5. The number of rotatable bonds is 6. The molecule has 1 saturated carbocycles. The molecule has 3 aromatic heterocycles. The maximum Gasteiger partial charge on any atom is 0.279 e. The molecule has 7 heteroatoms. The number of carbonyl (C=O) groups is 1. The first kappa shape index (κ1) is 17.3. The van der Waals surface area contributed by atoms with E-state index in [1.54, 1.807) is 24.4 Å². The number of carbonyl (C=O) groups excluding carboxylic acids is 1. The van der Waals surface area contributed by atoms with Gasteiger partial charge in [0.05, 0.1) is 12.9 Å². The third kappa shape index (κ3) is 4.19. The second-order valence-electron chi connectivity index (χ2n) is 6.67. The molecular formula is C20H21N3O4. The van der Waals surface area contributed by atoms with Gasteiger partial charge in [0.1, 0.15) is 0 Å². The van der Waals surface area contributed by atoms with Crippen molar-refractivity contribution in [3.63, 3.8) is 0 Å². The van der Waals surface area contributed by atoms with E-state index in [0.717, 1.165) is 0 Å². The number of hydrogen-bond donors (Lipinski definition) is 1. The van der Waals surface area contributed by atoms with Gasteiger partial charge in [-0.3, -0.25) is 4.79 Å². The van der Waals surface area contributed by atoms with Crippen molar-refractivity contribution in [1.82, 2.24) is 10.1 Å². The summed E-state index contributed by atoms with van der Waals surface area (Å²) in [5.41, 5.74) is 0.144. The molecule has 3 heterocycles.